The first-order valence-electron chi connectivity index (χ1n) is 5.94. The van der Waals surface area contributed by atoms with E-state index in [1.807, 2.05) is 6.92 Å². The van der Waals surface area contributed by atoms with Crippen molar-refractivity contribution in [2.45, 2.75) is 13.3 Å². The van der Waals surface area contributed by atoms with Crippen LogP contribution in [0.5, 0.6) is 0 Å². The molecule has 16 heavy (non-hydrogen) atoms. The standard InChI is InChI=1S/C13H16N2O/c1-2-16-13-11-5-3-4-10-6-8-15(12(10)11)9-7-14-13/h3-5H,2,6-9H2,1H3. The molecule has 0 unspecified atom stereocenters. The lowest BCUT2D eigenvalue weighted by atomic mass is 10.1. The second-order valence-electron chi connectivity index (χ2n) is 4.17. The van der Waals surface area contributed by atoms with E-state index in [2.05, 4.69) is 28.1 Å². The molecule has 0 aliphatic carbocycles. The Hall–Kier alpha value is -1.51. The van der Waals surface area contributed by atoms with Gasteiger partial charge in [0.05, 0.1) is 24.4 Å². The third-order valence-electron chi connectivity index (χ3n) is 3.22. The largest absolute Gasteiger partial charge is 0.478 e. The highest BCUT2D eigenvalue weighted by Gasteiger charge is 2.26. The minimum Gasteiger partial charge on any atom is -0.478 e. The van der Waals surface area contributed by atoms with Crippen molar-refractivity contribution in [3.63, 3.8) is 0 Å². The Morgan fingerprint density at radius 2 is 2.31 bits per heavy atom. The summed E-state index contributed by atoms with van der Waals surface area (Å²) in [5.41, 5.74) is 3.97. The molecule has 0 fully saturated rings. The second-order valence-corrected chi connectivity index (χ2v) is 4.17. The number of nitrogens with zero attached hydrogens (tertiary/aromatic N) is 2. The number of benzene rings is 1. The number of hydrogen-bond donors (Lipinski definition) is 0. The zero-order valence-electron chi connectivity index (χ0n) is 9.57. The van der Waals surface area contributed by atoms with Crippen LogP contribution in [0, 0.1) is 0 Å². The third kappa shape index (κ3) is 1.39. The summed E-state index contributed by atoms with van der Waals surface area (Å²) in [6, 6.07) is 6.45. The maximum absolute atomic E-state index is 5.64. The first-order valence-corrected chi connectivity index (χ1v) is 5.94. The van der Waals surface area contributed by atoms with Crippen molar-refractivity contribution in [2.24, 2.45) is 4.99 Å². The van der Waals surface area contributed by atoms with Crippen molar-refractivity contribution in [1.29, 1.82) is 0 Å². The zero-order valence-corrected chi connectivity index (χ0v) is 9.57. The number of ether oxygens (including phenoxy) is 1. The van der Waals surface area contributed by atoms with Crippen LogP contribution in [0.25, 0.3) is 0 Å². The molecule has 0 saturated carbocycles. The summed E-state index contributed by atoms with van der Waals surface area (Å²) in [5, 5.41) is 0. The summed E-state index contributed by atoms with van der Waals surface area (Å²) in [7, 11) is 0. The molecule has 0 saturated heterocycles. The van der Waals surface area contributed by atoms with E-state index in [1.54, 1.807) is 0 Å². The molecule has 1 aromatic carbocycles. The molecule has 2 aliphatic heterocycles. The van der Waals surface area contributed by atoms with Crippen LogP contribution < -0.4 is 4.90 Å². The van der Waals surface area contributed by atoms with Gasteiger partial charge < -0.3 is 9.64 Å². The van der Waals surface area contributed by atoms with E-state index in [1.165, 1.54) is 16.8 Å². The number of para-hydroxylation sites is 1. The summed E-state index contributed by atoms with van der Waals surface area (Å²) in [4.78, 5) is 6.96. The summed E-state index contributed by atoms with van der Waals surface area (Å²) >= 11 is 0. The van der Waals surface area contributed by atoms with Crippen molar-refractivity contribution in [3.8, 4) is 0 Å². The number of hydrogen-bond acceptors (Lipinski definition) is 3. The Balaban J connectivity index is 2.12. The van der Waals surface area contributed by atoms with Gasteiger partial charge in [-0.3, -0.25) is 0 Å². The van der Waals surface area contributed by atoms with Crippen LogP contribution in [0.4, 0.5) is 5.69 Å². The van der Waals surface area contributed by atoms with Gasteiger partial charge in [0.2, 0.25) is 5.90 Å². The Morgan fingerprint density at radius 1 is 1.38 bits per heavy atom. The highest BCUT2D eigenvalue weighted by molar-refractivity contribution is 6.01. The van der Waals surface area contributed by atoms with Crippen LogP contribution in [-0.2, 0) is 11.2 Å². The number of rotatable bonds is 1. The van der Waals surface area contributed by atoms with E-state index < -0.39 is 0 Å². The molecule has 2 heterocycles. The topological polar surface area (TPSA) is 24.8 Å². The van der Waals surface area contributed by atoms with E-state index in [-0.39, 0.29) is 0 Å². The zero-order chi connectivity index (χ0) is 11.0. The summed E-state index contributed by atoms with van der Waals surface area (Å²) in [5.74, 6) is 0.823. The first kappa shape index (κ1) is 9.70. The molecule has 3 nitrogen and oxygen atoms in total. The lowest BCUT2D eigenvalue weighted by Gasteiger charge is -2.18. The van der Waals surface area contributed by atoms with Crippen molar-refractivity contribution in [1.82, 2.24) is 0 Å². The van der Waals surface area contributed by atoms with Gasteiger partial charge >= 0.3 is 0 Å². The molecule has 84 valence electrons. The number of aliphatic imine (C=N–C) groups is 1. The number of anilines is 1. The van der Waals surface area contributed by atoms with E-state index in [4.69, 9.17) is 4.74 Å². The Labute approximate surface area is 95.7 Å². The molecule has 0 spiro atoms. The fourth-order valence-electron chi connectivity index (χ4n) is 2.55. The van der Waals surface area contributed by atoms with E-state index in [9.17, 15) is 0 Å². The van der Waals surface area contributed by atoms with Crippen molar-refractivity contribution in [3.05, 3.63) is 29.3 Å². The molecule has 0 aromatic heterocycles. The summed E-state index contributed by atoms with van der Waals surface area (Å²) < 4.78 is 5.64. The van der Waals surface area contributed by atoms with Gasteiger partial charge in [0, 0.05) is 13.1 Å². The smallest absolute Gasteiger partial charge is 0.218 e. The minimum atomic E-state index is 0.683. The van der Waals surface area contributed by atoms with Crippen LogP contribution in [0.3, 0.4) is 0 Å². The van der Waals surface area contributed by atoms with Gasteiger partial charge in [-0.1, -0.05) is 12.1 Å². The monoisotopic (exact) mass is 216 g/mol. The average Bonchev–Trinajstić information content (AvgIpc) is 2.62. The maximum atomic E-state index is 5.64. The van der Waals surface area contributed by atoms with Gasteiger partial charge in [-0.05, 0) is 25.0 Å². The fourth-order valence-corrected chi connectivity index (χ4v) is 2.55. The van der Waals surface area contributed by atoms with Crippen molar-refractivity contribution >= 4 is 11.6 Å². The van der Waals surface area contributed by atoms with Crippen molar-refractivity contribution in [2.75, 3.05) is 31.1 Å². The van der Waals surface area contributed by atoms with Crippen LogP contribution in [0.15, 0.2) is 23.2 Å². The van der Waals surface area contributed by atoms with Crippen LogP contribution in [0.1, 0.15) is 18.1 Å². The van der Waals surface area contributed by atoms with Gasteiger partial charge in [-0.25, -0.2) is 4.99 Å². The molecule has 3 rings (SSSR count). The average molecular weight is 216 g/mol. The van der Waals surface area contributed by atoms with Gasteiger partial charge in [0.1, 0.15) is 0 Å². The molecule has 0 amide bonds. The van der Waals surface area contributed by atoms with Crippen LogP contribution >= 0.6 is 0 Å². The Bertz CT molecular complexity index is 440. The molecule has 1 aromatic rings. The van der Waals surface area contributed by atoms with Crippen LogP contribution in [0.2, 0.25) is 0 Å². The molecule has 3 heteroatoms. The van der Waals surface area contributed by atoms with E-state index >= 15 is 0 Å². The fraction of sp³-hybridized carbons (Fsp3) is 0.462. The highest BCUT2D eigenvalue weighted by Crippen LogP contribution is 2.33. The Kier molecular flexibility index (Phi) is 2.31. The Morgan fingerprint density at radius 3 is 3.19 bits per heavy atom. The SMILES string of the molecule is CCOC1=NCCN2CCc3cccc1c32. The maximum Gasteiger partial charge on any atom is 0.218 e. The summed E-state index contributed by atoms with van der Waals surface area (Å²) in [6.45, 7) is 5.67. The quantitative estimate of drug-likeness (QED) is 0.715. The molecule has 0 atom stereocenters. The summed E-state index contributed by atoms with van der Waals surface area (Å²) in [6.07, 6.45) is 1.16. The van der Waals surface area contributed by atoms with Gasteiger partial charge in [-0.15, -0.1) is 0 Å². The lowest BCUT2D eigenvalue weighted by molar-refractivity contribution is 0.327. The second kappa shape index (κ2) is 3.81. The van der Waals surface area contributed by atoms with Gasteiger partial charge in [0.15, 0.2) is 0 Å². The predicted octanol–water partition coefficient (Wildman–Crippen LogP) is 1.85. The van der Waals surface area contributed by atoms with Gasteiger partial charge in [-0.2, -0.15) is 0 Å². The molecule has 2 aliphatic rings. The lowest BCUT2D eigenvalue weighted by Crippen LogP contribution is -2.23. The highest BCUT2D eigenvalue weighted by atomic mass is 16.5. The molecule has 0 bridgehead atoms. The molecular weight excluding hydrogens is 200 g/mol. The first-order chi connectivity index (χ1) is 7.90. The van der Waals surface area contributed by atoms with E-state index in [0.717, 1.165) is 32.0 Å². The molecule has 0 radical (unpaired) electrons. The van der Waals surface area contributed by atoms with Crippen LogP contribution in [-0.4, -0.2) is 32.1 Å². The minimum absolute atomic E-state index is 0.683. The predicted molar refractivity (Wildman–Crippen MR) is 65.4 cm³/mol. The molecule has 0 N–H and O–H groups in total. The normalized spacial score (nSPS) is 17.8. The molecular formula is C13H16N2O. The van der Waals surface area contributed by atoms with Gasteiger partial charge in [0.25, 0.3) is 0 Å². The third-order valence-corrected chi connectivity index (χ3v) is 3.22. The van der Waals surface area contributed by atoms with E-state index in [0.29, 0.717) is 6.61 Å². The van der Waals surface area contributed by atoms with Crippen molar-refractivity contribution < 1.29 is 4.74 Å².